The minimum Gasteiger partial charge on any atom is -0.365 e. The highest BCUT2D eigenvalue weighted by Crippen LogP contribution is 2.44. The van der Waals surface area contributed by atoms with Gasteiger partial charge in [-0.2, -0.15) is 18.3 Å². The Kier molecular flexibility index (Phi) is 8.48. The number of anilines is 1. The molecule has 0 aliphatic carbocycles. The predicted molar refractivity (Wildman–Crippen MR) is 168 cm³/mol. The number of alkyl halides is 3. The van der Waals surface area contributed by atoms with Gasteiger partial charge < -0.3 is 15.0 Å². The van der Waals surface area contributed by atoms with E-state index in [1.807, 2.05) is 24.3 Å². The molecule has 3 aromatic carbocycles. The van der Waals surface area contributed by atoms with Gasteiger partial charge in [-0.05, 0) is 40.5 Å². The molecule has 0 bridgehead atoms. The third-order valence-corrected chi connectivity index (χ3v) is 8.91. The molecule has 0 radical (unpaired) electrons. The zero-order chi connectivity index (χ0) is 31.8. The van der Waals surface area contributed by atoms with Crippen LogP contribution in [0.1, 0.15) is 90.8 Å². The van der Waals surface area contributed by atoms with Crippen LogP contribution in [0.3, 0.4) is 0 Å². The summed E-state index contributed by atoms with van der Waals surface area (Å²) in [5, 5.41) is 7.25. The van der Waals surface area contributed by atoms with Crippen molar-refractivity contribution in [2.24, 2.45) is 0 Å². The number of hydrogen-bond acceptors (Lipinski definition) is 4. The number of nitrogens with zero attached hydrogens (tertiary/aromatic N) is 3. The van der Waals surface area contributed by atoms with Crippen LogP contribution in [0, 0.1) is 0 Å². The molecule has 1 amide bonds. The number of carbonyl (C=O) groups excluding carboxylic acids is 1. The molecule has 6 rings (SSSR count). The zero-order valence-corrected chi connectivity index (χ0v) is 25.8. The van der Waals surface area contributed by atoms with Crippen molar-refractivity contribution in [1.82, 2.24) is 14.7 Å². The Morgan fingerprint density at radius 3 is 2.09 bits per heavy atom. The molecule has 0 saturated carbocycles. The molecule has 3 unspecified atom stereocenters. The molecule has 0 spiro atoms. The summed E-state index contributed by atoms with van der Waals surface area (Å²) in [6, 6.07) is 25.3. The van der Waals surface area contributed by atoms with E-state index in [1.165, 1.54) is 11.8 Å². The van der Waals surface area contributed by atoms with Crippen molar-refractivity contribution >= 4 is 11.7 Å². The highest BCUT2D eigenvalue weighted by molar-refractivity contribution is 5.99. The fourth-order valence-corrected chi connectivity index (χ4v) is 6.32. The molecule has 2 aliphatic rings. The number of benzene rings is 3. The number of nitrogens with one attached hydrogen (secondary N) is 1. The number of halogens is 3. The zero-order valence-electron chi connectivity index (χ0n) is 25.8. The molecule has 4 aromatic rings. The van der Waals surface area contributed by atoms with E-state index < -0.39 is 18.3 Å². The predicted octanol–water partition coefficient (Wildman–Crippen LogP) is 8.25. The van der Waals surface area contributed by atoms with E-state index in [-0.39, 0.29) is 41.3 Å². The Labute approximate surface area is 262 Å². The molecular formula is C36H39F3N4O2. The van der Waals surface area contributed by atoms with E-state index in [4.69, 9.17) is 4.74 Å². The molecule has 45 heavy (non-hydrogen) atoms. The molecule has 9 heteroatoms. The van der Waals surface area contributed by atoms with Gasteiger partial charge in [0, 0.05) is 19.5 Å². The summed E-state index contributed by atoms with van der Waals surface area (Å²) >= 11 is 0. The van der Waals surface area contributed by atoms with Gasteiger partial charge in [0.1, 0.15) is 17.5 Å². The Morgan fingerprint density at radius 2 is 1.49 bits per heavy atom. The summed E-state index contributed by atoms with van der Waals surface area (Å²) in [4.78, 5) is 15.4. The normalized spacial score (nSPS) is 19.9. The molecule has 1 saturated heterocycles. The molecule has 1 aromatic heterocycles. The van der Waals surface area contributed by atoms with Gasteiger partial charge in [-0.15, -0.1) is 0 Å². The highest BCUT2D eigenvalue weighted by Gasteiger charge is 2.47. The molecule has 236 valence electrons. The van der Waals surface area contributed by atoms with Gasteiger partial charge in [-0.3, -0.25) is 4.79 Å². The quantitative estimate of drug-likeness (QED) is 0.237. The lowest BCUT2D eigenvalue weighted by Gasteiger charge is -2.36. The Balaban J connectivity index is 1.17. The summed E-state index contributed by atoms with van der Waals surface area (Å²) < 4.78 is 50.1. The van der Waals surface area contributed by atoms with Crippen molar-refractivity contribution in [3.8, 4) is 0 Å². The maximum atomic E-state index is 14.1. The fraction of sp³-hybridized carbons (Fsp3) is 0.389. The van der Waals surface area contributed by atoms with Crippen LogP contribution in [-0.4, -0.2) is 46.0 Å². The van der Waals surface area contributed by atoms with Gasteiger partial charge in [-0.25, -0.2) is 4.68 Å². The monoisotopic (exact) mass is 616 g/mol. The first kappa shape index (κ1) is 30.9. The number of piperidine rings is 1. The smallest absolute Gasteiger partial charge is 0.365 e. The third-order valence-electron chi connectivity index (χ3n) is 8.91. The average Bonchev–Trinajstić information content (AvgIpc) is 3.47. The fourth-order valence-electron chi connectivity index (χ4n) is 6.32. The van der Waals surface area contributed by atoms with Crippen molar-refractivity contribution in [3.05, 3.63) is 119 Å². The van der Waals surface area contributed by atoms with Crippen LogP contribution in [0.5, 0.6) is 0 Å². The minimum atomic E-state index is -4.51. The number of hydrogen-bond donors (Lipinski definition) is 1. The summed E-state index contributed by atoms with van der Waals surface area (Å²) in [5.41, 5.74) is 4.31. The number of amides is 1. The first-order chi connectivity index (χ1) is 21.5. The molecular weight excluding hydrogens is 577 g/mol. The van der Waals surface area contributed by atoms with Crippen LogP contribution < -0.4 is 5.32 Å². The minimum absolute atomic E-state index is 0.0433. The standard InChI is InChI=1S/C36H39F3N4O2/c1-35(2,3)27-16-14-26(15-17-27)32(25-12-8-5-9-13-25)45-28-18-20-42(21-19-28)34(44)29-23-40-43-31(36(37,38)39)22-30(41-33(29)43)24-10-6-4-7-11-24/h4-17,23,28,30-32,41H,18-22H2,1-3H3. The largest absolute Gasteiger partial charge is 0.410 e. The maximum absolute atomic E-state index is 14.1. The van der Waals surface area contributed by atoms with E-state index >= 15 is 0 Å². The van der Waals surface area contributed by atoms with E-state index in [0.29, 0.717) is 25.9 Å². The second-order valence-corrected chi connectivity index (χ2v) is 13.0. The number of ether oxygens (including phenoxy) is 1. The number of carbonyl (C=O) groups is 1. The van der Waals surface area contributed by atoms with Gasteiger partial charge in [0.05, 0.1) is 18.3 Å². The summed E-state index contributed by atoms with van der Waals surface area (Å²) in [6.45, 7) is 7.44. The second-order valence-electron chi connectivity index (χ2n) is 13.0. The molecule has 1 fully saturated rings. The van der Waals surface area contributed by atoms with Crippen molar-refractivity contribution < 1.29 is 22.7 Å². The SMILES string of the molecule is CC(C)(C)c1ccc(C(OC2CCN(C(=O)c3cnn4c3NC(c3ccccc3)CC4C(F)(F)F)CC2)c2ccccc2)cc1. The molecule has 6 nitrogen and oxygen atoms in total. The Morgan fingerprint density at radius 1 is 0.889 bits per heavy atom. The van der Waals surface area contributed by atoms with E-state index in [9.17, 15) is 18.0 Å². The number of rotatable bonds is 6. The first-order valence-electron chi connectivity index (χ1n) is 15.5. The van der Waals surface area contributed by atoms with Gasteiger partial charge >= 0.3 is 6.18 Å². The van der Waals surface area contributed by atoms with Crippen LogP contribution in [0.2, 0.25) is 0 Å². The maximum Gasteiger partial charge on any atom is 0.410 e. The summed E-state index contributed by atoms with van der Waals surface area (Å²) in [7, 11) is 0. The van der Waals surface area contributed by atoms with Crippen molar-refractivity contribution in [1.29, 1.82) is 0 Å². The topological polar surface area (TPSA) is 59.4 Å². The van der Waals surface area contributed by atoms with Crippen molar-refractivity contribution in [2.75, 3.05) is 18.4 Å². The lowest BCUT2D eigenvalue weighted by atomic mass is 9.86. The molecule has 2 aliphatic heterocycles. The van der Waals surface area contributed by atoms with Crippen LogP contribution in [0.25, 0.3) is 0 Å². The van der Waals surface area contributed by atoms with Crippen LogP contribution in [0.4, 0.5) is 19.0 Å². The van der Waals surface area contributed by atoms with Crippen molar-refractivity contribution in [2.45, 2.75) is 75.9 Å². The number of fused-ring (bicyclic) bond motifs is 1. The molecule has 3 atom stereocenters. The van der Waals surface area contributed by atoms with E-state index in [0.717, 1.165) is 21.4 Å². The summed E-state index contributed by atoms with van der Waals surface area (Å²) in [5.74, 6) is -0.210. The van der Waals surface area contributed by atoms with Gasteiger partial charge in [-0.1, -0.05) is 106 Å². The first-order valence-corrected chi connectivity index (χ1v) is 15.5. The number of likely N-dealkylation sites (tertiary alicyclic amines) is 1. The van der Waals surface area contributed by atoms with Crippen LogP contribution >= 0.6 is 0 Å². The van der Waals surface area contributed by atoms with Crippen LogP contribution in [-0.2, 0) is 10.2 Å². The lowest BCUT2D eigenvalue weighted by molar-refractivity contribution is -0.173. The lowest BCUT2D eigenvalue weighted by Crippen LogP contribution is -2.42. The van der Waals surface area contributed by atoms with Crippen molar-refractivity contribution in [3.63, 3.8) is 0 Å². The van der Waals surface area contributed by atoms with Gasteiger partial charge in [0.15, 0.2) is 6.04 Å². The van der Waals surface area contributed by atoms with Gasteiger partial charge in [0.25, 0.3) is 5.91 Å². The van der Waals surface area contributed by atoms with Crippen LogP contribution in [0.15, 0.2) is 91.1 Å². The van der Waals surface area contributed by atoms with Gasteiger partial charge in [0.2, 0.25) is 0 Å². The summed E-state index contributed by atoms with van der Waals surface area (Å²) in [6.07, 6.45) is -2.56. The average molecular weight is 617 g/mol. The highest BCUT2D eigenvalue weighted by atomic mass is 19.4. The molecule has 3 heterocycles. The molecule has 1 N–H and O–H groups in total. The second kappa shape index (κ2) is 12.4. The Bertz CT molecular complexity index is 1590. The number of aromatic nitrogens is 2. The Hall–Kier alpha value is -4.11. The third kappa shape index (κ3) is 6.64. The van der Waals surface area contributed by atoms with E-state index in [1.54, 1.807) is 29.2 Å². The van der Waals surface area contributed by atoms with E-state index in [2.05, 4.69) is 67.6 Å².